The lowest BCUT2D eigenvalue weighted by atomic mass is 10.2. The number of carboxylic acids is 1. The van der Waals surface area contributed by atoms with Crippen molar-refractivity contribution in [2.24, 2.45) is 5.73 Å². The minimum Gasteiger partial charge on any atom is -0.480 e. The molecule has 1 aromatic rings. The van der Waals surface area contributed by atoms with Crippen LogP contribution in [0.15, 0.2) is 5.38 Å². The fraction of sp³-hybridized carbons (Fsp3) is 0.636. The van der Waals surface area contributed by atoms with Crippen molar-refractivity contribution in [1.29, 1.82) is 0 Å². The quantitative estimate of drug-likeness (QED) is 0.559. The van der Waals surface area contributed by atoms with Crippen molar-refractivity contribution < 1.29 is 14.6 Å². The molecule has 0 spiro atoms. The van der Waals surface area contributed by atoms with E-state index in [0.29, 0.717) is 30.6 Å². The zero-order valence-corrected chi connectivity index (χ0v) is 11.9. The average molecular weight is 288 g/mol. The van der Waals surface area contributed by atoms with Gasteiger partial charge in [0.05, 0.1) is 18.9 Å². The second-order valence-electron chi connectivity index (χ2n) is 4.24. The third-order valence-corrected chi connectivity index (χ3v) is 3.13. The number of nitrogens with two attached hydrogens (primary N) is 1. The maximum absolute atomic E-state index is 10.7. The molecule has 8 heteroatoms. The van der Waals surface area contributed by atoms with Crippen LogP contribution < -0.4 is 11.1 Å². The molecule has 0 aromatic carbocycles. The van der Waals surface area contributed by atoms with Crippen LogP contribution in [-0.2, 0) is 9.53 Å². The molecule has 7 nitrogen and oxygen atoms in total. The number of hydrogen-bond acceptors (Lipinski definition) is 7. The zero-order valence-electron chi connectivity index (χ0n) is 11.1. The Morgan fingerprint density at radius 2 is 2.37 bits per heavy atom. The van der Waals surface area contributed by atoms with Crippen molar-refractivity contribution in [2.75, 3.05) is 45.7 Å². The Kier molecular flexibility index (Phi) is 6.71. The van der Waals surface area contributed by atoms with Gasteiger partial charge in [0, 0.05) is 18.5 Å². The monoisotopic (exact) mass is 288 g/mol. The van der Waals surface area contributed by atoms with Crippen molar-refractivity contribution in [3.8, 4) is 0 Å². The fourth-order valence-corrected chi connectivity index (χ4v) is 1.99. The van der Waals surface area contributed by atoms with Crippen LogP contribution >= 0.6 is 11.3 Å². The highest BCUT2D eigenvalue weighted by molar-refractivity contribution is 7.13. The zero-order chi connectivity index (χ0) is 14.3. The Balaban J connectivity index is 2.22. The molecule has 1 aromatic heterocycles. The molecule has 0 amide bonds. The van der Waals surface area contributed by atoms with Crippen LogP contribution in [0.5, 0.6) is 0 Å². The predicted octanol–water partition coefficient (Wildman–Crippen LogP) is 0.218. The predicted molar refractivity (Wildman–Crippen MR) is 74.5 cm³/mol. The van der Waals surface area contributed by atoms with Crippen LogP contribution in [0.25, 0.3) is 0 Å². The molecule has 0 aliphatic heterocycles. The van der Waals surface area contributed by atoms with E-state index in [4.69, 9.17) is 15.6 Å². The first-order valence-electron chi connectivity index (χ1n) is 5.91. The number of nitrogens with one attached hydrogen (secondary N) is 1. The topological polar surface area (TPSA) is 101 Å². The number of aromatic nitrogens is 1. The summed E-state index contributed by atoms with van der Waals surface area (Å²) in [4.78, 5) is 16.9. The molecule has 0 fully saturated rings. The molecule has 4 N–H and O–H groups in total. The van der Waals surface area contributed by atoms with E-state index >= 15 is 0 Å². The number of thiazole rings is 1. The molecule has 108 valence electrons. The molecule has 1 rings (SSSR count). The average Bonchev–Trinajstić information content (AvgIpc) is 2.80. The van der Waals surface area contributed by atoms with Crippen molar-refractivity contribution in [1.82, 2.24) is 9.88 Å². The third-order valence-electron chi connectivity index (χ3n) is 2.31. The minimum atomic E-state index is -1.08. The number of carbonyl (C=O) groups is 1. The van der Waals surface area contributed by atoms with Gasteiger partial charge in [0.25, 0.3) is 0 Å². The number of rotatable bonds is 9. The van der Waals surface area contributed by atoms with E-state index in [0.717, 1.165) is 6.54 Å². The molecule has 1 heterocycles. The van der Waals surface area contributed by atoms with Crippen molar-refractivity contribution in [2.45, 2.75) is 6.04 Å². The number of ether oxygens (including phenoxy) is 1. The van der Waals surface area contributed by atoms with E-state index in [2.05, 4.69) is 10.3 Å². The first-order valence-corrected chi connectivity index (χ1v) is 6.79. The van der Waals surface area contributed by atoms with Crippen molar-refractivity contribution in [3.05, 3.63) is 11.1 Å². The number of likely N-dealkylation sites (N-methyl/N-ethyl adjacent to an activating group) is 1. The van der Waals surface area contributed by atoms with E-state index < -0.39 is 12.0 Å². The molecule has 0 saturated carbocycles. The summed E-state index contributed by atoms with van der Waals surface area (Å²) in [5, 5.41) is 14.1. The minimum absolute atomic E-state index is 0.369. The van der Waals surface area contributed by atoms with Crippen LogP contribution in [0.3, 0.4) is 0 Å². The van der Waals surface area contributed by atoms with Crippen LogP contribution in [-0.4, -0.2) is 61.4 Å². The summed E-state index contributed by atoms with van der Waals surface area (Å²) in [5.41, 5.74) is 5.83. The van der Waals surface area contributed by atoms with Crippen LogP contribution in [0, 0.1) is 0 Å². The normalized spacial score (nSPS) is 12.6. The lowest BCUT2D eigenvalue weighted by molar-refractivity contribution is -0.138. The highest BCUT2D eigenvalue weighted by atomic mass is 32.1. The van der Waals surface area contributed by atoms with Gasteiger partial charge in [-0.25, -0.2) is 4.98 Å². The highest BCUT2D eigenvalue weighted by Crippen LogP contribution is 2.19. The maximum Gasteiger partial charge on any atom is 0.326 e. The second-order valence-corrected chi connectivity index (χ2v) is 5.09. The van der Waals surface area contributed by atoms with Gasteiger partial charge < -0.3 is 25.8 Å². The molecule has 0 aliphatic rings. The van der Waals surface area contributed by atoms with E-state index in [1.54, 1.807) is 5.38 Å². The van der Waals surface area contributed by atoms with Gasteiger partial charge in [-0.1, -0.05) is 0 Å². The van der Waals surface area contributed by atoms with Gasteiger partial charge >= 0.3 is 5.97 Å². The van der Waals surface area contributed by atoms with Gasteiger partial charge in [-0.15, -0.1) is 11.3 Å². The third kappa shape index (κ3) is 5.97. The van der Waals surface area contributed by atoms with Gasteiger partial charge in [0.1, 0.15) is 6.04 Å². The molecule has 0 aliphatic carbocycles. The standard InChI is InChI=1S/C11H20N4O3S/c1-15(2)4-6-18-5-3-13-11-14-8(7-19-11)9(12)10(16)17/h7,9H,3-6,12H2,1-2H3,(H,13,14)(H,16,17). The summed E-state index contributed by atoms with van der Waals surface area (Å²) in [6, 6.07) is -1.07. The Bertz CT molecular complexity index is 397. The number of nitrogens with zero attached hydrogens (tertiary/aromatic N) is 2. The van der Waals surface area contributed by atoms with Crippen molar-refractivity contribution >= 4 is 22.4 Å². The van der Waals surface area contributed by atoms with Gasteiger partial charge in [0.2, 0.25) is 0 Å². The van der Waals surface area contributed by atoms with E-state index in [1.807, 2.05) is 19.0 Å². The van der Waals surface area contributed by atoms with Crippen molar-refractivity contribution in [3.63, 3.8) is 0 Å². The van der Waals surface area contributed by atoms with Gasteiger partial charge in [-0.05, 0) is 14.1 Å². The summed E-state index contributed by atoms with van der Waals surface area (Å²) in [6.07, 6.45) is 0. The Labute approximate surface area is 116 Å². The van der Waals surface area contributed by atoms with Crippen LogP contribution in [0.4, 0.5) is 5.13 Å². The summed E-state index contributed by atoms with van der Waals surface area (Å²) < 4.78 is 5.41. The highest BCUT2D eigenvalue weighted by Gasteiger charge is 2.17. The Hall–Kier alpha value is -1.22. The lowest BCUT2D eigenvalue weighted by Gasteiger charge is -2.09. The van der Waals surface area contributed by atoms with Gasteiger partial charge in [-0.2, -0.15) is 0 Å². The smallest absolute Gasteiger partial charge is 0.326 e. The summed E-state index contributed by atoms with van der Waals surface area (Å²) in [5.74, 6) is -1.08. The molecule has 19 heavy (non-hydrogen) atoms. The van der Waals surface area contributed by atoms with E-state index in [9.17, 15) is 4.79 Å². The maximum atomic E-state index is 10.7. The SMILES string of the molecule is CN(C)CCOCCNc1nc(C(N)C(=O)O)cs1. The van der Waals surface area contributed by atoms with E-state index in [-0.39, 0.29) is 0 Å². The number of hydrogen-bond donors (Lipinski definition) is 3. The second kappa shape index (κ2) is 8.05. The molecule has 0 saturated heterocycles. The first-order chi connectivity index (χ1) is 9.00. The first kappa shape index (κ1) is 15.8. The largest absolute Gasteiger partial charge is 0.480 e. The summed E-state index contributed by atoms with van der Waals surface area (Å²) >= 11 is 1.33. The Morgan fingerprint density at radius 1 is 1.63 bits per heavy atom. The van der Waals surface area contributed by atoms with Gasteiger partial charge in [0.15, 0.2) is 5.13 Å². The fourth-order valence-electron chi connectivity index (χ4n) is 1.22. The summed E-state index contributed by atoms with van der Waals surface area (Å²) in [7, 11) is 3.98. The Morgan fingerprint density at radius 3 is 3.00 bits per heavy atom. The number of anilines is 1. The molecule has 0 bridgehead atoms. The van der Waals surface area contributed by atoms with E-state index in [1.165, 1.54) is 11.3 Å². The summed E-state index contributed by atoms with van der Waals surface area (Å²) in [6.45, 7) is 2.77. The molecule has 1 unspecified atom stereocenters. The number of carboxylic acid groups (broad SMARTS) is 1. The molecule has 0 radical (unpaired) electrons. The van der Waals surface area contributed by atoms with Crippen LogP contribution in [0.1, 0.15) is 11.7 Å². The number of aliphatic carboxylic acids is 1. The molecule has 1 atom stereocenters. The lowest BCUT2D eigenvalue weighted by Crippen LogP contribution is -2.21. The van der Waals surface area contributed by atoms with Crippen LogP contribution in [0.2, 0.25) is 0 Å². The molecular weight excluding hydrogens is 268 g/mol. The van der Waals surface area contributed by atoms with Gasteiger partial charge in [-0.3, -0.25) is 4.79 Å². The molecular formula is C11H20N4O3S.